The highest BCUT2D eigenvalue weighted by molar-refractivity contribution is 9.10. The number of hydrogen-bond donors (Lipinski definition) is 3. The summed E-state index contributed by atoms with van der Waals surface area (Å²) in [5.41, 5.74) is 5.49. The lowest BCUT2D eigenvalue weighted by atomic mass is 10.1. The molecular weight excluding hydrogens is 480 g/mol. The molecule has 2 aromatic rings. The van der Waals surface area contributed by atoms with Gasteiger partial charge in [-0.15, -0.1) is 0 Å². The van der Waals surface area contributed by atoms with E-state index < -0.39 is 11.8 Å². The van der Waals surface area contributed by atoms with E-state index >= 15 is 0 Å². The Balaban J connectivity index is 2.09. The monoisotopic (exact) mass is 504 g/mol. The van der Waals surface area contributed by atoms with E-state index in [1.165, 1.54) is 13.3 Å². The number of hydrazone groups is 1. The highest BCUT2D eigenvalue weighted by Gasteiger charge is 2.14. The highest BCUT2D eigenvalue weighted by Crippen LogP contribution is 2.36. The lowest BCUT2D eigenvalue weighted by Gasteiger charge is -2.15. The van der Waals surface area contributed by atoms with Gasteiger partial charge in [0, 0.05) is 12.7 Å². The van der Waals surface area contributed by atoms with Gasteiger partial charge in [0.15, 0.2) is 18.1 Å². The van der Waals surface area contributed by atoms with Gasteiger partial charge >= 0.3 is 11.8 Å². The predicted octanol–water partition coefficient (Wildman–Crippen LogP) is 2.68. The molecule has 0 fully saturated rings. The van der Waals surface area contributed by atoms with Crippen molar-refractivity contribution in [3.8, 4) is 11.5 Å². The van der Waals surface area contributed by atoms with E-state index in [0.29, 0.717) is 33.8 Å². The Morgan fingerprint density at radius 3 is 2.34 bits per heavy atom. The van der Waals surface area contributed by atoms with Crippen LogP contribution in [0.25, 0.3) is 0 Å². The number of nitrogens with one attached hydrogen (secondary N) is 3. The van der Waals surface area contributed by atoms with Crippen molar-refractivity contribution >= 4 is 45.6 Å². The largest absolute Gasteiger partial charge is 0.490 e. The summed E-state index contributed by atoms with van der Waals surface area (Å²) in [6.45, 7) is 5.88. The van der Waals surface area contributed by atoms with Crippen LogP contribution < -0.4 is 25.5 Å². The highest BCUT2D eigenvalue weighted by atomic mass is 79.9. The number of likely N-dealkylation sites (N-methyl/N-ethyl adjacent to an activating group) is 1. The molecule has 32 heavy (non-hydrogen) atoms. The van der Waals surface area contributed by atoms with Crippen LogP contribution >= 0.6 is 15.9 Å². The average molecular weight is 505 g/mol. The van der Waals surface area contributed by atoms with Crippen LogP contribution in [-0.4, -0.2) is 44.2 Å². The molecular formula is C22H25BrN4O5. The molecule has 0 atom stereocenters. The van der Waals surface area contributed by atoms with E-state index in [-0.39, 0.29) is 12.5 Å². The summed E-state index contributed by atoms with van der Waals surface area (Å²) in [5, 5.41) is 8.76. The number of amides is 3. The van der Waals surface area contributed by atoms with Gasteiger partial charge in [-0.1, -0.05) is 6.07 Å². The molecule has 0 aliphatic heterocycles. The molecule has 0 aromatic heterocycles. The summed E-state index contributed by atoms with van der Waals surface area (Å²) in [4.78, 5) is 35.0. The summed E-state index contributed by atoms with van der Waals surface area (Å²) in [6.07, 6.45) is 1.35. The number of nitrogens with zero attached hydrogens (tertiary/aromatic N) is 1. The van der Waals surface area contributed by atoms with Gasteiger partial charge in [0.1, 0.15) is 0 Å². The van der Waals surface area contributed by atoms with Crippen molar-refractivity contribution in [2.45, 2.75) is 20.8 Å². The smallest absolute Gasteiger partial charge is 0.329 e. The number of carbonyl (C=O) groups excluding carboxylic acids is 3. The van der Waals surface area contributed by atoms with E-state index in [4.69, 9.17) is 9.47 Å². The Bertz CT molecular complexity index is 1020. The third-order valence-electron chi connectivity index (χ3n) is 4.00. The second-order valence-electron chi connectivity index (χ2n) is 6.75. The number of ether oxygens (including phenoxy) is 2. The van der Waals surface area contributed by atoms with Gasteiger partial charge in [0.25, 0.3) is 5.91 Å². The lowest BCUT2D eigenvalue weighted by molar-refractivity contribution is -0.138. The van der Waals surface area contributed by atoms with Crippen LogP contribution in [0.5, 0.6) is 11.5 Å². The van der Waals surface area contributed by atoms with Gasteiger partial charge in [0.05, 0.1) is 17.3 Å². The zero-order valence-corrected chi connectivity index (χ0v) is 19.8. The van der Waals surface area contributed by atoms with E-state index in [1.54, 1.807) is 12.1 Å². The molecule has 0 spiro atoms. The first-order valence-electron chi connectivity index (χ1n) is 9.75. The van der Waals surface area contributed by atoms with Gasteiger partial charge in [-0.25, -0.2) is 5.43 Å². The fraction of sp³-hybridized carbons (Fsp3) is 0.273. The molecule has 3 N–H and O–H groups in total. The zero-order chi connectivity index (χ0) is 23.7. The van der Waals surface area contributed by atoms with Crippen LogP contribution in [0.4, 0.5) is 5.69 Å². The summed E-state index contributed by atoms with van der Waals surface area (Å²) in [6, 6.07) is 9.09. The number of aryl methyl sites for hydroxylation is 2. The predicted molar refractivity (Wildman–Crippen MR) is 125 cm³/mol. The van der Waals surface area contributed by atoms with Gasteiger partial charge in [-0.2, -0.15) is 5.10 Å². The van der Waals surface area contributed by atoms with Gasteiger partial charge < -0.3 is 20.1 Å². The number of anilines is 1. The Kier molecular flexibility index (Phi) is 9.21. The van der Waals surface area contributed by atoms with Crippen molar-refractivity contribution in [1.82, 2.24) is 10.7 Å². The number of carbonyl (C=O) groups is 3. The molecule has 10 heteroatoms. The van der Waals surface area contributed by atoms with Crippen LogP contribution in [-0.2, 0) is 14.4 Å². The maximum absolute atomic E-state index is 12.4. The number of halogens is 1. The zero-order valence-electron chi connectivity index (χ0n) is 18.2. The third-order valence-corrected chi connectivity index (χ3v) is 4.59. The molecule has 0 heterocycles. The van der Waals surface area contributed by atoms with Crippen LogP contribution in [0, 0.1) is 13.8 Å². The first-order valence-corrected chi connectivity index (χ1v) is 10.5. The SMILES string of the molecule is CCOc1cc(/C=N\NC(=O)C(=O)NC)cc(Br)c1OCC(=O)Nc1cc(C)cc(C)c1. The molecule has 0 bridgehead atoms. The number of rotatable bonds is 8. The second-order valence-corrected chi connectivity index (χ2v) is 7.61. The van der Waals surface area contributed by atoms with Gasteiger partial charge in [-0.3, -0.25) is 14.4 Å². The van der Waals surface area contributed by atoms with E-state index in [2.05, 4.69) is 37.1 Å². The number of benzene rings is 2. The number of hydrogen-bond acceptors (Lipinski definition) is 6. The molecule has 170 valence electrons. The minimum Gasteiger partial charge on any atom is -0.490 e. The first kappa shape index (κ1) is 24.9. The van der Waals surface area contributed by atoms with Crippen molar-refractivity contribution in [3.05, 3.63) is 51.5 Å². The topological polar surface area (TPSA) is 118 Å². The third kappa shape index (κ3) is 7.38. The molecule has 0 aliphatic carbocycles. The van der Waals surface area contributed by atoms with E-state index in [1.807, 2.05) is 39.0 Å². The quantitative estimate of drug-likeness (QED) is 0.290. The van der Waals surface area contributed by atoms with E-state index in [0.717, 1.165) is 11.1 Å². The molecule has 2 rings (SSSR count). The standard InChI is InChI=1S/C22H25BrN4O5/c1-5-31-18-10-15(11-25-27-22(30)21(29)24-4)9-17(23)20(18)32-12-19(28)26-16-7-13(2)6-14(3)8-16/h6-11H,5,12H2,1-4H3,(H,24,29)(H,26,28)(H,27,30)/b25-11-. The van der Waals surface area contributed by atoms with Crippen molar-refractivity contribution < 1.29 is 23.9 Å². The van der Waals surface area contributed by atoms with Crippen LogP contribution in [0.1, 0.15) is 23.6 Å². The van der Waals surface area contributed by atoms with E-state index in [9.17, 15) is 14.4 Å². The molecule has 9 nitrogen and oxygen atoms in total. The fourth-order valence-corrected chi connectivity index (χ4v) is 3.35. The second kappa shape index (κ2) is 11.8. The van der Waals surface area contributed by atoms with Gasteiger partial charge in [-0.05, 0) is 77.7 Å². The summed E-state index contributed by atoms with van der Waals surface area (Å²) < 4.78 is 11.9. The first-order chi connectivity index (χ1) is 15.2. The van der Waals surface area contributed by atoms with Crippen molar-refractivity contribution in [2.24, 2.45) is 5.10 Å². The molecule has 0 aliphatic rings. The normalized spacial score (nSPS) is 10.5. The molecule has 2 aromatic carbocycles. The Morgan fingerprint density at radius 1 is 1.03 bits per heavy atom. The Morgan fingerprint density at radius 2 is 1.72 bits per heavy atom. The molecule has 0 radical (unpaired) electrons. The molecule has 0 saturated carbocycles. The molecule has 0 saturated heterocycles. The maximum Gasteiger partial charge on any atom is 0.329 e. The fourth-order valence-electron chi connectivity index (χ4n) is 2.78. The summed E-state index contributed by atoms with van der Waals surface area (Å²) in [5.74, 6) is -1.26. The molecule has 3 amide bonds. The maximum atomic E-state index is 12.4. The molecule has 0 unspecified atom stereocenters. The summed E-state index contributed by atoms with van der Waals surface area (Å²) >= 11 is 3.41. The van der Waals surface area contributed by atoms with Crippen molar-refractivity contribution in [1.29, 1.82) is 0 Å². The van der Waals surface area contributed by atoms with Crippen LogP contribution in [0.3, 0.4) is 0 Å². The van der Waals surface area contributed by atoms with Gasteiger partial charge in [0.2, 0.25) is 0 Å². The Hall–Kier alpha value is -3.40. The Labute approximate surface area is 194 Å². The minimum atomic E-state index is -0.886. The minimum absolute atomic E-state index is 0.221. The van der Waals surface area contributed by atoms with Crippen molar-refractivity contribution in [3.63, 3.8) is 0 Å². The van der Waals surface area contributed by atoms with Crippen LogP contribution in [0.2, 0.25) is 0 Å². The van der Waals surface area contributed by atoms with Crippen molar-refractivity contribution in [2.75, 3.05) is 25.6 Å². The lowest BCUT2D eigenvalue weighted by Crippen LogP contribution is -2.35. The average Bonchev–Trinajstić information content (AvgIpc) is 2.71. The summed E-state index contributed by atoms with van der Waals surface area (Å²) in [7, 11) is 1.35. The van der Waals surface area contributed by atoms with Crippen LogP contribution in [0.15, 0.2) is 39.9 Å².